The largest absolute Gasteiger partial charge is 0.493 e. The average Bonchev–Trinajstić information content (AvgIpc) is 3.18. The highest BCUT2D eigenvalue weighted by molar-refractivity contribution is 7.18. The first-order valence-electron chi connectivity index (χ1n) is 7.69. The Bertz CT molecular complexity index is 1110. The molecular weight excluding hydrogens is 308 g/mol. The summed E-state index contributed by atoms with van der Waals surface area (Å²) in [5, 5.41) is 11.2. The third-order valence-electron chi connectivity index (χ3n) is 4.72. The van der Waals surface area contributed by atoms with Crippen molar-refractivity contribution in [3.05, 3.63) is 34.8 Å². The maximum absolute atomic E-state index is 11.6. The van der Waals surface area contributed by atoms with Gasteiger partial charge in [-0.15, -0.1) is 11.3 Å². The number of hydrogen-bond donors (Lipinski definition) is 0. The Balaban J connectivity index is 2.12. The molecule has 0 atom stereocenters. The number of carbonyl (C=O) groups is 1. The van der Waals surface area contributed by atoms with E-state index < -0.39 is 0 Å². The van der Waals surface area contributed by atoms with E-state index in [-0.39, 0.29) is 0 Å². The van der Waals surface area contributed by atoms with Crippen molar-refractivity contribution >= 4 is 49.4 Å². The van der Waals surface area contributed by atoms with Crippen molar-refractivity contribution < 1.29 is 9.53 Å². The number of ether oxygens (including phenoxy) is 1. The Labute approximate surface area is 136 Å². The highest BCUT2D eigenvalue weighted by atomic mass is 32.1. The Kier molecular flexibility index (Phi) is 2.59. The van der Waals surface area contributed by atoms with Crippen LogP contribution in [-0.2, 0) is 13.5 Å². The van der Waals surface area contributed by atoms with Gasteiger partial charge in [-0.25, -0.2) is 0 Å². The molecule has 1 aliphatic heterocycles. The second-order valence-corrected chi connectivity index (χ2v) is 6.85. The lowest BCUT2D eigenvalue weighted by Gasteiger charge is -2.20. The zero-order valence-electron chi connectivity index (χ0n) is 12.6. The van der Waals surface area contributed by atoms with E-state index in [4.69, 9.17) is 4.74 Å². The number of thiophene rings is 1. The molecule has 2 aromatic carbocycles. The molecule has 0 fully saturated rings. The van der Waals surface area contributed by atoms with E-state index in [1.54, 1.807) is 16.0 Å². The molecule has 3 heterocycles. The molecule has 0 aliphatic carbocycles. The van der Waals surface area contributed by atoms with Gasteiger partial charge in [0, 0.05) is 23.4 Å². The molecule has 4 nitrogen and oxygen atoms in total. The number of benzene rings is 2. The number of carbonyl (C=O) groups excluding carboxylic acids is 1. The van der Waals surface area contributed by atoms with Crippen LogP contribution in [0.3, 0.4) is 0 Å². The number of aldehydes is 1. The maximum atomic E-state index is 11.6. The van der Waals surface area contributed by atoms with E-state index in [0.29, 0.717) is 5.69 Å². The lowest BCUT2D eigenvalue weighted by Crippen LogP contribution is -2.08. The van der Waals surface area contributed by atoms with E-state index >= 15 is 0 Å². The van der Waals surface area contributed by atoms with Crippen molar-refractivity contribution in [3.8, 4) is 5.75 Å². The summed E-state index contributed by atoms with van der Waals surface area (Å²) < 4.78 is 8.68. The first-order valence-corrected chi connectivity index (χ1v) is 8.57. The molecule has 2 aromatic heterocycles. The number of hydrogen-bond acceptors (Lipinski definition) is 4. The number of aryl methyl sites for hydroxylation is 2. The minimum Gasteiger partial charge on any atom is -0.493 e. The molecule has 0 saturated carbocycles. The molecule has 0 N–H and O–H groups in total. The van der Waals surface area contributed by atoms with Crippen molar-refractivity contribution in [3.63, 3.8) is 0 Å². The number of aromatic nitrogens is 2. The van der Waals surface area contributed by atoms with Crippen LogP contribution in [0.1, 0.15) is 22.5 Å². The second-order valence-electron chi connectivity index (χ2n) is 5.93. The van der Waals surface area contributed by atoms with Gasteiger partial charge in [-0.1, -0.05) is 0 Å². The van der Waals surface area contributed by atoms with Crippen LogP contribution < -0.4 is 4.74 Å². The van der Waals surface area contributed by atoms with Gasteiger partial charge in [-0.2, -0.15) is 5.10 Å². The van der Waals surface area contributed by atoms with Gasteiger partial charge in [0.1, 0.15) is 17.0 Å². The van der Waals surface area contributed by atoms with Crippen molar-refractivity contribution in [1.29, 1.82) is 0 Å². The van der Waals surface area contributed by atoms with Crippen molar-refractivity contribution in [2.24, 2.45) is 7.05 Å². The van der Waals surface area contributed by atoms with Gasteiger partial charge in [-0.3, -0.25) is 9.48 Å². The van der Waals surface area contributed by atoms with E-state index in [9.17, 15) is 4.79 Å². The highest BCUT2D eigenvalue weighted by Gasteiger charge is 2.22. The summed E-state index contributed by atoms with van der Waals surface area (Å²) in [4.78, 5) is 11.6. The smallest absolute Gasteiger partial charge is 0.168 e. The second kappa shape index (κ2) is 4.55. The number of nitrogens with zero attached hydrogens (tertiary/aromatic N) is 2. The summed E-state index contributed by atoms with van der Waals surface area (Å²) in [5.74, 6) is 0.979. The molecule has 1 aliphatic rings. The monoisotopic (exact) mass is 322 g/mol. The van der Waals surface area contributed by atoms with Crippen LogP contribution in [0.4, 0.5) is 0 Å². The molecule has 5 rings (SSSR count). The molecule has 5 heteroatoms. The van der Waals surface area contributed by atoms with E-state index in [0.717, 1.165) is 52.5 Å². The molecule has 0 saturated heterocycles. The van der Waals surface area contributed by atoms with Crippen LogP contribution in [0, 0.1) is 0 Å². The fourth-order valence-electron chi connectivity index (χ4n) is 3.75. The van der Waals surface area contributed by atoms with Crippen LogP contribution in [-0.4, -0.2) is 22.7 Å². The number of fused-ring (bicyclic) bond motifs is 8. The van der Waals surface area contributed by atoms with Gasteiger partial charge in [0.05, 0.1) is 11.3 Å². The minimum atomic E-state index is 0.636. The van der Waals surface area contributed by atoms with E-state index in [2.05, 4.69) is 22.6 Å². The molecule has 0 unspecified atom stereocenters. The fourth-order valence-corrected chi connectivity index (χ4v) is 4.64. The van der Waals surface area contributed by atoms with Crippen molar-refractivity contribution in [2.45, 2.75) is 12.8 Å². The van der Waals surface area contributed by atoms with Gasteiger partial charge in [0.25, 0.3) is 0 Å². The molecular formula is C18H14N2O2S. The third-order valence-corrected chi connectivity index (χ3v) is 5.64. The molecule has 0 radical (unpaired) electrons. The van der Waals surface area contributed by atoms with Crippen LogP contribution in [0.25, 0.3) is 31.8 Å². The van der Waals surface area contributed by atoms with Crippen molar-refractivity contribution in [1.82, 2.24) is 9.78 Å². The molecule has 114 valence electrons. The summed E-state index contributed by atoms with van der Waals surface area (Å²) in [5.41, 5.74) is 2.82. The van der Waals surface area contributed by atoms with Crippen LogP contribution in [0.2, 0.25) is 0 Å². The summed E-state index contributed by atoms with van der Waals surface area (Å²) in [6, 6.07) is 6.27. The molecule has 0 bridgehead atoms. The minimum absolute atomic E-state index is 0.636. The molecule has 23 heavy (non-hydrogen) atoms. The quantitative estimate of drug-likeness (QED) is 0.496. The normalized spacial score (nSPS) is 14.3. The lowest BCUT2D eigenvalue weighted by atomic mass is 9.93. The first-order chi connectivity index (χ1) is 11.3. The van der Waals surface area contributed by atoms with Crippen LogP contribution in [0.5, 0.6) is 5.75 Å². The first kappa shape index (κ1) is 13.1. The van der Waals surface area contributed by atoms with Crippen molar-refractivity contribution in [2.75, 3.05) is 6.61 Å². The third kappa shape index (κ3) is 1.60. The Morgan fingerprint density at radius 1 is 1.26 bits per heavy atom. The molecule has 0 amide bonds. The zero-order chi connectivity index (χ0) is 15.6. The summed E-state index contributed by atoms with van der Waals surface area (Å²) in [6.45, 7) is 0.778. The summed E-state index contributed by atoms with van der Waals surface area (Å²) in [7, 11) is 1.83. The van der Waals surface area contributed by atoms with Crippen LogP contribution >= 0.6 is 11.3 Å². The SMILES string of the molecule is Cn1nc2c3sccc3c3c4c(ccc3c2c1C=O)OCCC4. The fraction of sp³-hybridized carbons (Fsp3) is 0.222. The van der Waals surface area contributed by atoms with Gasteiger partial charge in [0.2, 0.25) is 0 Å². The lowest BCUT2D eigenvalue weighted by molar-refractivity contribution is 0.111. The number of rotatable bonds is 1. The maximum Gasteiger partial charge on any atom is 0.168 e. The standard InChI is InChI=1S/C18H14N2O2S/c1-20-13(9-21)16-11-4-5-14-10(3-2-7-22-14)15(11)12-6-8-23-18(12)17(16)19-20/h4-6,8-9H,2-3,7H2,1H3. The van der Waals surface area contributed by atoms with Gasteiger partial charge >= 0.3 is 0 Å². The van der Waals surface area contributed by atoms with Gasteiger partial charge < -0.3 is 4.74 Å². The predicted molar refractivity (Wildman–Crippen MR) is 92.8 cm³/mol. The topological polar surface area (TPSA) is 44.1 Å². The highest BCUT2D eigenvalue weighted by Crippen LogP contribution is 2.43. The summed E-state index contributed by atoms with van der Waals surface area (Å²) >= 11 is 1.68. The Hall–Kier alpha value is -2.40. The average molecular weight is 322 g/mol. The zero-order valence-corrected chi connectivity index (χ0v) is 13.4. The predicted octanol–water partition coefficient (Wildman–Crippen LogP) is 4.08. The van der Waals surface area contributed by atoms with E-state index in [1.165, 1.54) is 16.3 Å². The van der Waals surface area contributed by atoms with E-state index in [1.807, 2.05) is 13.1 Å². The van der Waals surface area contributed by atoms with Gasteiger partial charge in [0.15, 0.2) is 6.29 Å². The Morgan fingerprint density at radius 2 is 2.17 bits per heavy atom. The molecule has 0 spiro atoms. The van der Waals surface area contributed by atoms with Gasteiger partial charge in [-0.05, 0) is 47.2 Å². The molecule has 4 aromatic rings. The summed E-state index contributed by atoms with van der Waals surface area (Å²) in [6.07, 6.45) is 2.95. The Morgan fingerprint density at radius 3 is 3.04 bits per heavy atom. The van der Waals surface area contributed by atoms with Crippen LogP contribution in [0.15, 0.2) is 23.6 Å².